The van der Waals surface area contributed by atoms with Gasteiger partial charge in [0.25, 0.3) is 0 Å². The molecule has 0 saturated heterocycles. The van der Waals surface area contributed by atoms with Gasteiger partial charge in [0.15, 0.2) is 0 Å². The Morgan fingerprint density at radius 1 is 0.727 bits per heavy atom. The van der Waals surface area contributed by atoms with Crippen molar-refractivity contribution >= 4 is 17.1 Å². The van der Waals surface area contributed by atoms with Crippen LogP contribution in [0, 0.1) is 11.3 Å². The molecule has 0 amide bonds. The largest absolute Gasteiger partial charge is 0.358 e. The van der Waals surface area contributed by atoms with E-state index in [1.807, 2.05) is 13.8 Å². The fourth-order valence-corrected chi connectivity index (χ4v) is 4.25. The number of anilines is 1. The molecule has 0 aliphatic heterocycles. The van der Waals surface area contributed by atoms with Crippen LogP contribution in [0.1, 0.15) is 115 Å². The Hall–Kier alpha value is -2.86. The summed E-state index contributed by atoms with van der Waals surface area (Å²) in [6.07, 6.45) is 0. The Balaban J connectivity index is 2.64. The monoisotopic (exact) mass is 443 g/mol. The molecule has 0 unspecified atom stereocenters. The minimum absolute atomic E-state index is 0.357. The highest BCUT2D eigenvalue weighted by Crippen LogP contribution is 2.36. The van der Waals surface area contributed by atoms with Gasteiger partial charge in [0, 0.05) is 11.4 Å². The summed E-state index contributed by atoms with van der Waals surface area (Å²) in [5.41, 5.74) is 9.26. The van der Waals surface area contributed by atoms with Crippen molar-refractivity contribution in [1.82, 2.24) is 0 Å². The lowest BCUT2D eigenvalue weighted by Crippen LogP contribution is -2.10. The predicted octanol–water partition coefficient (Wildman–Crippen LogP) is 9.18. The molecule has 176 valence electrons. The lowest BCUT2D eigenvalue weighted by atomic mass is 9.92. The Kier molecular flexibility index (Phi) is 9.06. The lowest BCUT2D eigenvalue weighted by molar-refractivity contribution is 0.834. The maximum Gasteiger partial charge on any atom is 0.103 e. The summed E-state index contributed by atoms with van der Waals surface area (Å²) in [7, 11) is 0. The van der Waals surface area contributed by atoms with E-state index in [1.165, 1.54) is 22.3 Å². The zero-order valence-corrected chi connectivity index (χ0v) is 22.2. The highest BCUT2D eigenvalue weighted by atomic mass is 14.9. The van der Waals surface area contributed by atoms with Gasteiger partial charge in [-0.25, -0.2) is 0 Å². The van der Waals surface area contributed by atoms with E-state index in [0.29, 0.717) is 29.2 Å². The molecule has 0 aromatic heterocycles. The first-order valence-electron chi connectivity index (χ1n) is 12.2. The van der Waals surface area contributed by atoms with Crippen LogP contribution in [0.4, 0.5) is 11.4 Å². The third-order valence-corrected chi connectivity index (χ3v) is 6.16. The highest BCUT2D eigenvalue weighted by molar-refractivity contribution is 6.04. The number of aliphatic imine (C=N–C) groups is 1. The Morgan fingerprint density at radius 3 is 1.48 bits per heavy atom. The van der Waals surface area contributed by atoms with Gasteiger partial charge in [-0.15, -0.1) is 0 Å². The molecule has 0 saturated carbocycles. The van der Waals surface area contributed by atoms with E-state index in [2.05, 4.69) is 103 Å². The summed E-state index contributed by atoms with van der Waals surface area (Å²) < 4.78 is 0. The van der Waals surface area contributed by atoms with E-state index in [1.54, 1.807) is 0 Å². The number of para-hydroxylation sites is 2. The van der Waals surface area contributed by atoms with E-state index >= 15 is 0 Å². The predicted molar refractivity (Wildman–Crippen MR) is 144 cm³/mol. The van der Waals surface area contributed by atoms with Crippen LogP contribution in [-0.4, -0.2) is 5.71 Å². The lowest BCUT2D eigenvalue weighted by Gasteiger charge is -2.22. The third kappa shape index (κ3) is 6.14. The van der Waals surface area contributed by atoms with E-state index < -0.39 is 0 Å². The van der Waals surface area contributed by atoms with E-state index in [9.17, 15) is 5.26 Å². The molecule has 0 spiro atoms. The van der Waals surface area contributed by atoms with E-state index in [4.69, 9.17) is 4.99 Å². The highest BCUT2D eigenvalue weighted by Gasteiger charge is 2.18. The molecule has 33 heavy (non-hydrogen) atoms. The van der Waals surface area contributed by atoms with Crippen LogP contribution < -0.4 is 5.32 Å². The fraction of sp³-hybridized carbons (Fsp3) is 0.467. The topological polar surface area (TPSA) is 48.2 Å². The van der Waals surface area contributed by atoms with E-state index in [-0.39, 0.29) is 0 Å². The van der Waals surface area contributed by atoms with Crippen LogP contribution in [0.5, 0.6) is 0 Å². The molecular formula is C30H41N3. The average Bonchev–Trinajstić information content (AvgIpc) is 2.73. The van der Waals surface area contributed by atoms with Crippen LogP contribution in [0.15, 0.2) is 52.7 Å². The summed E-state index contributed by atoms with van der Waals surface area (Å²) in [6.45, 7) is 21.5. The number of nitriles is 1. The summed E-state index contributed by atoms with van der Waals surface area (Å²) in [6, 6.07) is 15.3. The van der Waals surface area contributed by atoms with Crippen molar-refractivity contribution in [2.45, 2.75) is 92.9 Å². The van der Waals surface area contributed by atoms with Crippen LogP contribution in [0.2, 0.25) is 0 Å². The number of allylic oxidation sites excluding steroid dienone is 2. The number of nitrogens with zero attached hydrogens (tertiary/aromatic N) is 2. The van der Waals surface area contributed by atoms with Gasteiger partial charge >= 0.3 is 0 Å². The molecule has 0 aliphatic rings. The fourth-order valence-electron chi connectivity index (χ4n) is 4.25. The minimum Gasteiger partial charge on any atom is -0.358 e. The maximum atomic E-state index is 10.1. The first-order valence-corrected chi connectivity index (χ1v) is 12.2. The molecule has 2 rings (SSSR count). The molecule has 3 nitrogen and oxygen atoms in total. The summed E-state index contributed by atoms with van der Waals surface area (Å²) in [4.78, 5) is 5.05. The molecule has 0 fully saturated rings. The zero-order chi connectivity index (χ0) is 24.9. The molecule has 2 aromatic carbocycles. The van der Waals surface area contributed by atoms with Gasteiger partial charge in [-0.1, -0.05) is 91.8 Å². The van der Waals surface area contributed by atoms with Crippen molar-refractivity contribution in [1.29, 1.82) is 5.26 Å². The van der Waals surface area contributed by atoms with Crippen LogP contribution in [0.25, 0.3) is 0 Å². The van der Waals surface area contributed by atoms with Crippen molar-refractivity contribution in [3.63, 3.8) is 0 Å². The van der Waals surface area contributed by atoms with Crippen LogP contribution in [-0.2, 0) is 0 Å². The molecule has 0 aliphatic carbocycles. The van der Waals surface area contributed by atoms with Crippen molar-refractivity contribution < 1.29 is 0 Å². The van der Waals surface area contributed by atoms with Crippen LogP contribution in [0.3, 0.4) is 0 Å². The second-order valence-corrected chi connectivity index (χ2v) is 10.1. The Bertz CT molecular complexity index is 1020. The summed E-state index contributed by atoms with van der Waals surface area (Å²) in [5.74, 6) is 1.47. The number of benzene rings is 2. The van der Waals surface area contributed by atoms with Gasteiger partial charge in [0.1, 0.15) is 6.07 Å². The number of rotatable bonds is 8. The zero-order valence-electron chi connectivity index (χ0n) is 22.2. The third-order valence-electron chi connectivity index (χ3n) is 6.16. The molecule has 0 heterocycles. The minimum atomic E-state index is 0.357. The number of nitrogens with one attached hydrogen (secondary N) is 1. The number of hydrogen-bond donors (Lipinski definition) is 1. The first-order chi connectivity index (χ1) is 15.5. The van der Waals surface area contributed by atoms with Crippen molar-refractivity contribution in [3.05, 3.63) is 69.9 Å². The molecular weight excluding hydrogens is 402 g/mol. The quantitative estimate of drug-likeness (QED) is 0.326. The molecule has 0 bridgehead atoms. The molecule has 1 N–H and O–H groups in total. The second kappa shape index (κ2) is 11.3. The standard InChI is InChI=1S/C30H41N3/c1-18(2)24-13-11-14-25(19(3)4)29(24)32-22(9)28(17-31)23(10)33-30-26(20(5)6)15-12-16-27(30)21(7)8/h11-16,18-21,32H,1-10H3/b28-22+,33-23?. The molecule has 0 radical (unpaired) electrons. The Morgan fingerprint density at radius 2 is 1.12 bits per heavy atom. The van der Waals surface area contributed by atoms with Crippen molar-refractivity contribution in [2.75, 3.05) is 5.32 Å². The molecule has 0 atom stereocenters. The van der Waals surface area contributed by atoms with Gasteiger partial charge in [0.05, 0.1) is 17.0 Å². The SMILES string of the molecule is CC(=Nc1c(C(C)C)cccc1C(C)C)/C(C#N)=C(\C)Nc1c(C(C)C)cccc1C(C)C. The number of hydrogen-bond acceptors (Lipinski definition) is 3. The second-order valence-electron chi connectivity index (χ2n) is 10.1. The molecule has 3 heteroatoms. The van der Waals surface area contributed by atoms with Gasteiger partial charge in [0.2, 0.25) is 0 Å². The Labute approximate surface area is 201 Å². The van der Waals surface area contributed by atoms with Crippen molar-refractivity contribution in [3.8, 4) is 6.07 Å². The van der Waals surface area contributed by atoms with E-state index in [0.717, 1.165) is 22.8 Å². The van der Waals surface area contributed by atoms with Gasteiger partial charge in [-0.2, -0.15) is 5.26 Å². The van der Waals surface area contributed by atoms with Gasteiger partial charge in [-0.05, 0) is 59.8 Å². The van der Waals surface area contributed by atoms with Crippen molar-refractivity contribution in [2.24, 2.45) is 4.99 Å². The summed E-state index contributed by atoms with van der Waals surface area (Å²) in [5, 5.41) is 13.7. The molecule has 2 aromatic rings. The van der Waals surface area contributed by atoms with Crippen LogP contribution >= 0.6 is 0 Å². The normalized spacial score (nSPS) is 13.1. The smallest absolute Gasteiger partial charge is 0.103 e. The van der Waals surface area contributed by atoms with Gasteiger partial charge in [-0.3, -0.25) is 4.99 Å². The summed E-state index contributed by atoms with van der Waals surface area (Å²) >= 11 is 0. The first kappa shape index (κ1) is 26.4. The maximum absolute atomic E-state index is 10.1. The average molecular weight is 444 g/mol. The van der Waals surface area contributed by atoms with Gasteiger partial charge < -0.3 is 5.32 Å².